The first-order valence-corrected chi connectivity index (χ1v) is 9.48. The van der Waals surface area contributed by atoms with Crippen LogP contribution in [0.5, 0.6) is 0 Å². The van der Waals surface area contributed by atoms with Crippen molar-refractivity contribution in [3.05, 3.63) is 18.2 Å². The van der Waals surface area contributed by atoms with Crippen LogP contribution in [-0.4, -0.2) is 86.5 Å². The molecule has 0 fully saturated rings. The monoisotopic (exact) mass is 470 g/mol. The molecular weight excluding hydrogens is 444 g/mol. The second kappa shape index (κ2) is 12.7. The minimum atomic E-state index is -1.72. The molecule has 182 valence electrons. The predicted molar refractivity (Wildman–Crippen MR) is 108 cm³/mol. The zero-order valence-corrected chi connectivity index (χ0v) is 17.3. The second-order valence-electron chi connectivity index (χ2n) is 6.93. The number of hydrogen-bond donors (Lipinski definition) is 9. The number of nitrogens with two attached hydrogens (primary N) is 3. The molecule has 0 bridgehead atoms. The van der Waals surface area contributed by atoms with Crippen molar-refractivity contribution in [1.29, 1.82) is 0 Å². The number of aromatic amines is 1. The number of carbonyl (C=O) groups excluding carboxylic acids is 5. The average molecular weight is 470 g/mol. The highest BCUT2D eigenvalue weighted by Crippen LogP contribution is 2.01. The summed E-state index contributed by atoms with van der Waals surface area (Å²) in [6.45, 7) is -0.965. The third-order valence-electron chi connectivity index (χ3n) is 4.21. The molecule has 1 rings (SSSR count). The number of aromatic nitrogens is 2. The van der Waals surface area contributed by atoms with Crippen LogP contribution in [0.3, 0.4) is 0 Å². The van der Waals surface area contributed by atoms with Gasteiger partial charge in [-0.25, -0.2) is 9.78 Å². The van der Waals surface area contributed by atoms with Gasteiger partial charge in [-0.05, 0) is 0 Å². The Morgan fingerprint density at radius 2 is 1.39 bits per heavy atom. The molecule has 0 spiro atoms. The van der Waals surface area contributed by atoms with E-state index in [2.05, 4.69) is 20.6 Å². The van der Waals surface area contributed by atoms with Crippen molar-refractivity contribution in [1.82, 2.24) is 25.9 Å². The molecule has 1 heterocycles. The Morgan fingerprint density at radius 3 is 1.79 bits per heavy atom. The number of primary amides is 2. The number of aliphatic hydroxyl groups excluding tert-OH is 1. The van der Waals surface area contributed by atoms with Crippen LogP contribution in [0.4, 0.5) is 0 Å². The topological polar surface area (TPSA) is 286 Å². The molecule has 16 nitrogen and oxygen atoms in total. The van der Waals surface area contributed by atoms with E-state index in [0.29, 0.717) is 5.69 Å². The van der Waals surface area contributed by atoms with E-state index in [1.807, 2.05) is 5.32 Å². The lowest BCUT2D eigenvalue weighted by atomic mass is 10.1. The summed E-state index contributed by atoms with van der Waals surface area (Å²) in [5, 5.41) is 24.2. The van der Waals surface area contributed by atoms with E-state index in [1.54, 1.807) is 0 Å². The Morgan fingerprint density at radius 1 is 0.909 bits per heavy atom. The highest BCUT2D eigenvalue weighted by Gasteiger charge is 2.31. The number of aliphatic hydroxyl groups is 1. The van der Waals surface area contributed by atoms with Gasteiger partial charge in [-0.1, -0.05) is 0 Å². The largest absolute Gasteiger partial charge is 0.480 e. The highest BCUT2D eigenvalue weighted by molar-refractivity contribution is 5.97. The van der Waals surface area contributed by atoms with Crippen LogP contribution in [0.25, 0.3) is 0 Å². The van der Waals surface area contributed by atoms with Gasteiger partial charge in [-0.15, -0.1) is 0 Å². The number of carboxylic acid groups (broad SMARTS) is 1. The first kappa shape index (κ1) is 27.0. The van der Waals surface area contributed by atoms with Crippen LogP contribution in [0.2, 0.25) is 0 Å². The van der Waals surface area contributed by atoms with Crippen molar-refractivity contribution in [2.75, 3.05) is 6.61 Å². The van der Waals surface area contributed by atoms with Gasteiger partial charge in [0.1, 0.15) is 18.1 Å². The maximum absolute atomic E-state index is 12.7. The molecule has 0 aliphatic heterocycles. The zero-order valence-electron chi connectivity index (χ0n) is 17.3. The van der Waals surface area contributed by atoms with Gasteiger partial charge in [0.25, 0.3) is 0 Å². The predicted octanol–water partition coefficient (Wildman–Crippen LogP) is -5.44. The van der Waals surface area contributed by atoms with Gasteiger partial charge in [0, 0.05) is 18.3 Å². The summed E-state index contributed by atoms with van der Waals surface area (Å²) in [6.07, 6.45) is 1.42. The number of hydrogen-bond acceptors (Lipinski definition) is 9. The van der Waals surface area contributed by atoms with Gasteiger partial charge in [0.05, 0.1) is 31.8 Å². The quantitative estimate of drug-likeness (QED) is 0.124. The lowest BCUT2D eigenvalue weighted by Crippen LogP contribution is -2.58. The first-order valence-electron chi connectivity index (χ1n) is 9.48. The molecule has 33 heavy (non-hydrogen) atoms. The lowest BCUT2D eigenvalue weighted by Gasteiger charge is -2.24. The molecule has 12 N–H and O–H groups in total. The van der Waals surface area contributed by atoms with E-state index >= 15 is 0 Å². The van der Waals surface area contributed by atoms with Crippen molar-refractivity contribution in [3.63, 3.8) is 0 Å². The number of amides is 5. The number of nitrogens with one attached hydrogen (secondary N) is 4. The summed E-state index contributed by atoms with van der Waals surface area (Å²) >= 11 is 0. The summed E-state index contributed by atoms with van der Waals surface area (Å²) in [6, 6.07) is -6.10. The molecule has 1 aromatic rings. The molecule has 0 radical (unpaired) electrons. The maximum atomic E-state index is 12.7. The van der Waals surface area contributed by atoms with E-state index in [1.165, 1.54) is 12.5 Å². The number of imidazole rings is 1. The molecule has 16 heteroatoms. The summed E-state index contributed by atoms with van der Waals surface area (Å²) in [5.41, 5.74) is 16.5. The highest BCUT2D eigenvalue weighted by atomic mass is 16.4. The Balaban J connectivity index is 2.93. The maximum Gasteiger partial charge on any atom is 0.328 e. The summed E-state index contributed by atoms with van der Waals surface area (Å²) in [7, 11) is 0. The minimum absolute atomic E-state index is 0.0290. The average Bonchev–Trinajstić information content (AvgIpc) is 3.22. The number of H-pyrrole nitrogens is 1. The van der Waals surface area contributed by atoms with E-state index < -0.39 is 79.1 Å². The van der Waals surface area contributed by atoms with Crippen LogP contribution in [0.1, 0.15) is 18.5 Å². The van der Waals surface area contributed by atoms with Crippen LogP contribution in [-0.2, 0) is 35.2 Å². The SMILES string of the molecule is NC(=O)CC(NC(=O)C(N)Cc1cnc[nH]1)C(=O)NC(CC(N)=O)C(=O)NC(CO)C(=O)O. The van der Waals surface area contributed by atoms with Gasteiger partial charge >= 0.3 is 5.97 Å². The minimum Gasteiger partial charge on any atom is -0.480 e. The van der Waals surface area contributed by atoms with E-state index in [4.69, 9.17) is 27.4 Å². The van der Waals surface area contributed by atoms with Crippen molar-refractivity contribution in [2.24, 2.45) is 17.2 Å². The van der Waals surface area contributed by atoms with Crippen molar-refractivity contribution >= 4 is 35.5 Å². The Bertz CT molecular complexity index is 874. The first-order chi connectivity index (χ1) is 15.4. The molecule has 4 unspecified atom stereocenters. The van der Waals surface area contributed by atoms with Crippen LogP contribution < -0.4 is 33.2 Å². The summed E-state index contributed by atoms with van der Waals surface area (Å²) in [4.78, 5) is 77.5. The number of rotatable bonds is 14. The molecule has 0 saturated carbocycles. The molecule has 0 aliphatic rings. The lowest BCUT2D eigenvalue weighted by molar-refractivity contribution is -0.143. The Hall–Kier alpha value is -4.05. The summed E-state index contributed by atoms with van der Waals surface area (Å²) in [5.74, 6) is -6.63. The third-order valence-corrected chi connectivity index (χ3v) is 4.21. The van der Waals surface area contributed by atoms with Crippen LogP contribution in [0.15, 0.2) is 12.5 Å². The van der Waals surface area contributed by atoms with Crippen molar-refractivity contribution in [3.8, 4) is 0 Å². The standard InChI is InChI=1S/C17H26N8O8/c18-8(1-7-4-21-6-22-7)14(29)23-9(2-12(19)27)15(30)24-10(3-13(20)28)16(31)25-11(5-26)17(32)33/h4,6,8-11,26H,1-3,5,18H2,(H2,19,27)(H2,20,28)(H,21,22)(H,23,29)(H,24,30)(H,25,31)(H,32,33). The number of nitrogens with zero attached hydrogens (tertiary/aromatic N) is 1. The fraction of sp³-hybridized carbons (Fsp3) is 0.471. The van der Waals surface area contributed by atoms with Crippen LogP contribution >= 0.6 is 0 Å². The third kappa shape index (κ3) is 9.32. The second-order valence-corrected chi connectivity index (χ2v) is 6.93. The normalized spacial score (nSPS) is 14.2. The molecule has 0 aromatic carbocycles. The molecule has 0 saturated heterocycles. The van der Waals surface area contributed by atoms with E-state index in [-0.39, 0.29) is 6.42 Å². The number of aliphatic carboxylic acids is 1. The summed E-state index contributed by atoms with van der Waals surface area (Å²) < 4.78 is 0. The van der Waals surface area contributed by atoms with Crippen molar-refractivity contribution in [2.45, 2.75) is 43.4 Å². The fourth-order valence-corrected chi connectivity index (χ4v) is 2.56. The molecule has 0 aliphatic carbocycles. The molecule has 4 atom stereocenters. The van der Waals surface area contributed by atoms with Gasteiger partial charge in [-0.3, -0.25) is 24.0 Å². The molecular formula is C17H26N8O8. The molecule has 5 amide bonds. The van der Waals surface area contributed by atoms with Gasteiger partial charge in [0.15, 0.2) is 0 Å². The molecule has 1 aromatic heterocycles. The van der Waals surface area contributed by atoms with Gasteiger partial charge in [0.2, 0.25) is 29.5 Å². The fourth-order valence-electron chi connectivity index (χ4n) is 2.56. The van der Waals surface area contributed by atoms with Crippen LogP contribution in [0, 0.1) is 0 Å². The van der Waals surface area contributed by atoms with Gasteiger partial charge < -0.3 is 48.3 Å². The zero-order chi connectivity index (χ0) is 25.1. The number of carbonyl (C=O) groups is 6. The van der Waals surface area contributed by atoms with E-state index in [9.17, 15) is 28.8 Å². The van der Waals surface area contributed by atoms with Gasteiger partial charge in [-0.2, -0.15) is 0 Å². The van der Waals surface area contributed by atoms with Crippen molar-refractivity contribution < 1.29 is 39.0 Å². The smallest absolute Gasteiger partial charge is 0.328 e. The number of carboxylic acids is 1. The Kier molecular flexibility index (Phi) is 10.4. The van der Waals surface area contributed by atoms with E-state index in [0.717, 1.165) is 0 Å². The Labute approximate surface area is 186 Å².